The predicted octanol–water partition coefficient (Wildman–Crippen LogP) is 1.76. The summed E-state index contributed by atoms with van der Waals surface area (Å²) in [4.78, 5) is 19.0. The fourth-order valence-corrected chi connectivity index (χ4v) is 4.17. The third-order valence-corrected chi connectivity index (χ3v) is 6.06. The highest BCUT2D eigenvalue weighted by molar-refractivity contribution is 7.90. The lowest BCUT2D eigenvalue weighted by atomic mass is 10.0. The molecule has 1 aromatic rings. The highest BCUT2D eigenvalue weighted by atomic mass is 32.2. The summed E-state index contributed by atoms with van der Waals surface area (Å²) in [5, 5.41) is 0. The number of carbonyl (C=O) groups is 1. The van der Waals surface area contributed by atoms with Crippen molar-refractivity contribution in [3.63, 3.8) is 0 Å². The van der Waals surface area contributed by atoms with Crippen LogP contribution in [0.4, 0.5) is 0 Å². The van der Waals surface area contributed by atoms with Crippen molar-refractivity contribution >= 4 is 21.8 Å². The number of aliphatic imine (C=N–C) groups is 1. The Labute approximate surface area is 143 Å². The molecule has 6 nitrogen and oxygen atoms in total. The number of hydrogen-bond acceptors (Lipinski definition) is 4. The fourth-order valence-electron chi connectivity index (χ4n) is 2.92. The van der Waals surface area contributed by atoms with Gasteiger partial charge in [0.05, 0.1) is 4.90 Å². The number of amidine groups is 1. The Bertz CT molecular complexity index is 782. The van der Waals surface area contributed by atoms with Crippen molar-refractivity contribution in [1.82, 2.24) is 9.62 Å². The third-order valence-electron chi connectivity index (χ3n) is 4.67. The molecule has 130 valence electrons. The van der Waals surface area contributed by atoms with Crippen molar-refractivity contribution in [3.8, 4) is 0 Å². The summed E-state index contributed by atoms with van der Waals surface area (Å²) in [5.74, 6) is 0.578. The Morgan fingerprint density at radius 2 is 1.96 bits per heavy atom. The summed E-state index contributed by atoms with van der Waals surface area (Å²) in [6, 6.07) is 7.13. The van der Waals surface area contributed by atoms with Crippen LogP contribution in [0.5, 0.6) is 0 Å². The molecule has 0 radical (unpaired) electrons. The van der Waals surface area contributed by atoms with Crippen LogP contribution in [0, 0.1) is 5.92 Å². The van der Waals surface area contributed by atoms with Crippen LogP contribution in [0.1, 0.15) is 39.2 Å². The van der Waals surface area contributed by atoms with Gasteiger partial charge in [0.2, 0.25) is 5.91 Å². The van der Waals surface area contributed by atoms with Crippen LogP contribution in [-0.2, 0) is 14.8 Å². The zero-order chi connectivity index (χ0) is 17.5. The van der Waals surface area contributed by atoms with E-state index in [0.29, 0.717) is 17.5 Å². The monoisotopic (exact) mass is 349 g/mol. The third kappa shape index (κ3) is 3.17. The second-order valence-corrected chi connectivity index (χ2v) is 8.43. The topological polar surface area (TPSA) is 78.8 Å². The van der Waals surface area contributed by atoms with Crippen LogP contribution in [0.25, 0.3) is 0 Å². The van der Waals surface area contributed by atoms with E-state index in [4.69, 9.17) is 0 Å². The predicted molar refractivity (Wildman–Crippen MR) is 92.3 cm³/mol. The first kappa shape index (κ1) is 17.0. The van der Waals surface area contributed by atoms with Crippen LogP contribution in [0.15, 0.2) is 34.2 Å². The van der Waals surface area contributed by atoms with Crippen LogP contribution in [0.3, 0.4) is 0 Å². The standard InChI is InChI=1S/C17H23N3O3S/c1-11(2)12(3)20(13-8-9-13)16(21)10-18-17-14-6-4-5-7-15(14)24(22,23)19-17/h4-7,11-13H,8-10H2,1-3H3,(H,18,19)/t12-/m1/s1. The molecule has 1 aliphatic carbocycles. The summed E-state index contributed by atoms with van der Waals surface area (Å²) in [6.45, 7) is 6.21. The lowest BCUT2D eigenvalue weighted by Gasteiger charge is -2.31. The van der Waals surface area contributed by atoms with Gasteiger partial charge in [-0.05, 0) is 37.8 Å². The molecular formula is C17H23N3O3S. The highest BCUT2D eigenvalue weighted by Crippen LogP contribution is 2.31. The lowest BCUT2D eigenvalue weighted by Crippen LogP contribution is -2.44. The SMILES string of the molecule is CC(C)[C@@H](C)N(C(=O)CN=C1NS(=O)(=O)c2ccccc21)C1CC1. The van der Waals surface area contributed by atoms with Crippen LogP contribution in [0.2, 0.25) is 0 Å². The van der Waals surface area contributed by atoms with Crippen molar-refractivity contribution in [2.45, 2.75) is 50.6 Å². The molecule has 1 fully saturated rings. The van der Waals surface area contributed by atoms with Crippen molar-refractivity contribution in [3.05, 3.63) is 29.8 Å². The summed E-state index contributed by atoms with van der Waals surface area (Å²) >= 11 is 0. The van der Waals surface area contributed by atoms with Gasteiger partial charge in [-0.2, -0.15) is 0 Å². The molecule has 24 heavy (non-hydrogen) atoms. The molecule has 1 aliphatic heterocycles. The maximum Gasteiger partial charge on any atom is 0.263 e. The number of nitrogens with zero attached hydrogens (tertiary/aromatic N) is 2. The quantitative estimate of drug-likeness (QED) is 0.880. The van der Waals surface area contributed by atoms with Crippen LogP contribution >= 0.6 is 0 Å². The molecule has 1 atom stereocenters. The summed E-state index contributed by atoms with van der Waals surface area (Å²) in [7, 11) is -3.56. The Morgan fingerprint density at radius 1 is 1.29 bits per heavy atom. The van der Waals surface area contributed by atoms with Crippen molar-refractivity contribution in [1.29, 1.82) is 0 Å². The second kappa shape index (κ2) is 6.20. The number of hydrogen-bond donors (Lipinski definition) is 1. The second-order valence-electron chi connectivity index (χ2n) is 6.78. The van der Waals surface area contributed by atoms with Gasteiger partial charge in [-0.15, -0.1) is 0 Å². The molecule has 1 heterocycles. The maximum atomic E-state index is 12.6. The van der Waals surface area contributed by atoms with Gasteiger partial charge in [-0.1, -0.05) is 26.0 Å². The lowest BCUT2D eigenvalue weighted by molar-refractivity contribution is -0.133. The van der Waals surface area contributed by atoms with E-state index >= 15 is 0 Å². The minimum absolute atomic E-state index is 0.0419. The van der Waals surface area contributed by atoms with Gasteiger partial charge in [-0.25, -0.2) is 8.42 Å². The molecule has 1 aromatic carbocycles. The number of carbonyl (C=O) groups excluding carboxylic acids is 1. The van der Waals surface area contributed by atoms with Crippen molar-refractivity contribution in [2.75, 3.05) is 6.54 Å². The molecule has 0 spiro atoms. The zero-order valence-electron chi connectivity index (χ0n) is 14.2. The first-order valence-corrected chi connectivity index (χ1v) is 9.77. The molecule has 7 heteroatoms. The molecule has 0 aromatic heterocycles. The normalized spacial score (nSPS) is 21.4. The number of fused-ring (bicyclic) bond motifs is 1. The van der Waals surface area contributed by atoms with Gasteiger partial charge in [0.1, 0.15) is 12.4 Å². The molecule has 3 rings (SSSR count). The summed E-state index contributed by atoms with van der Waals surface area (Å²) < 4.78 is 26.6. The summed E-state index contributed by atoms with van der Waals surface area (Å²) in [5.41, 5.74) is 0.528. The number of benzene rings is 1. The van der Waals surface area contributed by atoms with Gasteiger partial charge in [0.15, 0.2) is 0 Å². The fraction of sp³-hybridized carbons (Fsp3) is 0.529. The Morgan fingerprint density at radius 3 is 2.58 bits per heavy atom. The summed E-state index contributed by atoms with van der Waals surface area (Å²) in [6.07, 6.45) is 2.07. The molecule has 0 unspecified atom stereocenters. The Kier molecular flexibility index (Phi) is 4.38. The van der Waals surface area contributed by atoms with Crippen molar-refractivity contribution in [2.24, 2.45) is 10.9 Å². The highest BCUT2D eigenvalue weighted by Gasteiger charge is 2.37. The van der Waals surface area contributed by atoms with Gasteiger partial charge in [0, 0.05) is 17.6 Å². The first-order valence-electron chi connectivity index (χ1n) is 8.29. The zero-order valence-corrected chi connectivity index (χ0v) is 15.0. The first-order chi connectivity index (χ1) is 11.3. The minimum Gasteiger partial charge on any atom is -0.335 e. The van der Waals surface area contributed by atoms with E-state index in [-0.39, 0.29) is 29.2 Å². The van der Waals surface area contributed by atoms with E-state index in [9.17, 15) is 13.2 Å². The Balaban J connectivity index is 1.80. The van der Waals surface area contributed by atoms with Gasteiger partial charge in [0.25, 0.3) is 10.0 Å². The van der Waals surface area contributed by atoms with Crippen LogP contribution in [-0.4, -0.2) is 43.7 Å². The van der Waals surface area contributed by atoms with E-state index in [1.165, 1.54) is 0 Å². The maximum absolute atomic E-state index is 12.6. The number of nitrogens with one attached hydrogen (secondary N) is 1. The molecule has 2 aliphatic rings. The van der Waals surface area contributed by atoms with Crippen LogP contribution < -0.4 is 4.72 Å². The van der Waals surface area contributed by atoms with E-state index < -0.39 is 10.0 Å². The van der Waals surface area contributed by atoms with Gasteiger partial charge < -0.3 is 4.90 Å². The van der Waals surface area contributed by atoms with E-state index in [1.807, 2.05) is 4.90 Å². The minimum atomic E-state index is -3.56. The average molecular weight is 349 g/mol. The smallest absolute Gasteiger partial charge is 0.263 e. The number of sulfonamides is 1. The molecular weight excluding hydrogens is 326 g/mol. The van der Waals surface area contributed by atoms with Gasteiger partial charge in [-0.3, -0.25) is 14.5 Å². The van der Waals surface area contributed by atoms with Gasteiger partial charge >= 0.3 is 0 Å². The largest absolute Gasteiger partial charge is 0.335 e. The molecule has 1 N–H and O–H groups in total. The van der Waals surface area contributed by atoms with E-state index in [2.05, 4.69) is 30.5 Å². The Hall–Kier alpha value is -1.89. The average Bonchev–Trinajstić information content (AvgIpc) is 3.32. The number of amides is 1. The van der Waals surface area contributed by atoms with Crippen molar-refractivity contribution < 1.29 is 13.2 Å². The molecule has 1 saturated carbocycles. The molecule has 1 amide bonds. The molecule has 0 saturated heterocycles. The number of rotatable bonds is 5. The van der Waals surface area contributed by atoms with E-state index in [1.54, 1.807) is 24.3 Å². The molecule has 0 bridgehead atoms. The van der Waals surface area contributed by atoms with E-state index in [0.717, 1.165) is 12.8 Å².